The van der Waals surface area contributed by atoms with Crippen LogP contribution in [0.3, 0.4) is 0 Å². The molecular weight excluding hydrogens is 530 g/mol. The van der Waals surface area contributed by atoms with Crippen LogP contribution < -0.4 is 27.8 Å². The van der Waals surface area contributed by atoms with E-state index in [0.717, 1.165) is 4.88 Å². The maximum Gasteiger partial charge on any atom is 0.245 e. The van der Waals surface area contributed by atoms with Crippen molar-refractivity contribution in [1.29, 1.82) is 0 Å². The molecule has 0 aliphatic carbocycles. The quantitative estimate of drug-likeness (QED) is 0.0906. The molecule has 8 N–H and O–H groups in total. The lowest BCUT2D eigenvalue weighted by atomic mass is 10.0. The fraction of sp³-hybridized carbons (Fsp3) is 0.522. The van der Waals surface area contributed by atoms with Gasteiger partial charge in [-0.15, -0.1) is 22.7 Å². The first-order valence-electron chi connectivity index (χ1n) is 12.3. The second-order valence-corrected chi connectivity index (χ2v) is 10.9. The second kappa shape index (κ2) is 14.4. The zero-order chi connectivity index (χ0) is 27.5. The fourth-order valence-corrected chi connectivity index (χ4v) is 5.40. The van der Waals surface area contributed by atoms with E-state index in [-0.39, 0.29) is 41.5 Å². The van der Waals surface area contributed by atoms with Gasteiger partial charge in [0.15, 0.2) is 16.1 Å². The molecule has 15 heteroatoms. The summed E-state index contributed by atoms with van der Waals surface area (Å²) in [7, 11) is 0. The van der Waals surface area contributed by atoms with Crippen LogP contribution in [0.2, 0.25) is 0 Å². The molecule has 2 aromatic heterocycles. The van der Waals surface area contributed by atoms with Crippen molar-refractivity contribution in [3.63, 3.8) is 0 Å². The highest BCUT2D eigenvalue weighted by atomic mass is 32.1. The number of piperidine rings is 1. The van der Waals surface area contributed by atoms with Crippen LogP contribution in [0.5, 0.6) is 0 Å². The highest BCUT2D eigenvalue weighted by molar-refractivity contribution is 7.15. The molecular formula is C23H33N9O4S2. The largest absolute Gasteiger partial charge is 0.375 e. The van der Waals surface area contributed by atoms with E-state index < -0.39 is 18.0 Å². The molecule has 3 rings (SSSR count). The van der Waals surface area contributed by atoms with Gasteiger partial charge in [0.1, 0.15) is 6.04 Å². The van der Waals surface area contributed by atoms with Crippen LogP contribution in [0.4, 0.5) is 5.13 Å². The Morgan fingerprint density at radius 2 is 2.03 bits per heavy atom. The number of thiazole rings is 2. The summed E-state index contributed by atoms with van der Waals surface area (Å²) in [6.07, 6.45) is 6.69. The van der Waals surface area contributed by atoms with Gasteiger partial charge in [0, 0.05) is 42.2 Å². The summed E-state index contributed by atoms with van der Waals surface area (Å²) in [6, 6.07) is -1.51. The molecule has 1 saturated heterocycles. The molecule has 0 radical (unpaired) electrons. The Labute approximate surface area is 228 Å². The van der Waals surface area contributed by atoms with Crippen molar-refractivity contribution in [2.24, 2.45) is 16.5 Å². The van der Waals surface area contributed by atoms with Gasteiger partial charge in [-0.05, 0) is 38.5 Å². The van der Waals surface area contributed by atoms with Gasteiger partial charge in [-0.2, -0.15) is 0 Å². The molecule has 13 nitrogen and oxygen atoms in total. The summed E-state index contributed by atoms with van der Waals surface area (Å²) in [4.78, 5) is 65.5. The van der Waals surface area contributed by atoms with Gasteiger partial charge in [0.25, 0.3) is 0 Å². The van der Waals surface area contributed by atoms with Crippen molar-refractivity contribution < 1.29 is 19.2 Å². The van der Waals surface area contributed by atoms with Crippen molar-refractivity contribution >= 4 is 57.3 Å². The SMILES string of the molecule is NC(N)=NCCC[C@H](NC(=O)CN1CCC[C@H](NC(=O)CCCc2cnc(N)s2)C1=O)C(=O)c1nccs1. The highest BCUT2D eigenvalue weighted by Gasteiger charge is 2.32. The molecule has 0 aromatic carbocycles. The molecule has 2 aromatic rings. The van der Waals surface area contributed by atoms with E-state index in [1.165, 1.54) is 33.8 Å². The molecule has 0 saturated carbocycles. The molecule has 0 bridgehead atoms. The monoisotopic (exact) mass is 563 g/mol. The Hall–Kier alpha value is -3.59. The molecule has 0 unspecified atom stereocenters. The van der Waals surface area contributed by atoms with E-state index in [2.05, 4.69) is 25.6 Å². The number of carbonyl (C=O) groups excluding carboxylic acids is 4. The predicted molar refractivity (Wildman–Crippen MR) is 145 cm³/mol. The highest BCUT2D eigenvalue weighted by Crippen LogP contribution is 2.17. The molecule has 2 atom stereocenters. The van der Waals surface area contributed by atoms with Gasteiger partial charge in [0.05, 0.1) is 12.6 Å². The summed E-state index contributed by atoms with van der Waals surface area (Å²) in [6.45, 7) is 0.485. The van der Waals surface area contributed by atoms with Crippen LogP contribution >= 0.6 is 22.7 Å². The van der Waals surface area contributed by atoms with Gasteiger partial charge < -0.3 is 32.7 Å². The summed E-state index contributed by atoms with van der Waals surface area (Å²) in [5, 5.41) is 7.99. The van der Waals surface area contributed by atoms with Crippen LogP contribution in [0.25, 0.3) is 0 Å². The van der Waals surface area contributed by atoms with Crippen LogP contribution in [-0.4, -0.2) is 76.1 Å². The number of ketones is 1. The smallest absolute Gasteiger partial charge is 0.245 e. The number of likely N-dealkylation sites (tertiary alicyclic amines) is 1. The number of amides is 3. The van der Waals surface area contributed by atoms with E-state index in [9.17, 15) is 19.2 Å². The van der Waals surface area contributed by atoms with E-state index in [0.29, 0.717) is 56.7 Å². The minimum Gasteiger partial charge on any atom is -0.375 e. The van der Waals surface area contributed by atoms with Crippen molar-refractivity contribution in [3.05, 3.63) is 27.7 Å². The number of rotatable bonds is 14. The van der Waals surface area contributed by atoms with Gasteiger partial charge >= 0.3 is 0 Å². The number of nitrogen functional groups attached to an aromatic ring is 1. The number of hydrogen-bond donors (Lipinski definition) is 5. The number of aryl methyl sites for hydroxylation is 1. The van der Waals surface area contributed by atoms with E-state index >= 15 is 0 Å². The lowest BCUT2D eigenvalue weighted by Gasteiger charge is -2.32. The van der Waals surface area contributed by atoms with Crippen LogP contribution in [0, 0.1) is 0 Å². The first-order chi connectivity index (χ1) is 18.2. The van der Waals surface area contributed by atoms with Gasteiger partial charge in [0.2, 0.25) is 23.5 Å². The molecule has 206 valence electrons. The van der Waals surface area contributed by atoms with Gasteiger partial charge in [-0.3, -0.25) is 24.2 Å². The van der Waals surface area contributed by atoms with Crippen LogP contribution in [-0.2, 0) is 20.8 Å². The lowest BCUT2D eigenvalue weighted by molar-refractivity contribution is -0.141. The Morgan fingerprint density at radius 1 is 1.21 bits per heavy atom. The molecule has 3 heterocycles. The summed E-state index contributed by atoms with van der Waals surface area (Å²) < 4.78 is 0. The standard InChI is InChI=1S/C23H33N9O4S2/c24-22(25)28-8-2-5-15(19(35)20-27-9-11-37-20)30-18(34)13-32-10-3-6-16(21(32)36)31-17(33)7-1-4-14-12-29-23(26)38-14/h9,11-12,15-16H,1-8,10,13H2,(H2,26,29)(H,30,34)(H,31,33)(H4,24,25,28)/t15-,16-/m0/s1. The molecule has 1 fully saturated rings. The predicted octanol–water partition coefficient (Wildman–Crippen LogP) is 0.0330. The van der Waals surface area contributed by atoms with Gasteiger partial charge in [-0.25, -0.2) is 9.97 Å². The van der Waals surface area contributed by atoms with Crippen LogP contribution in [0.15, 0.2) is 22.8 Å². The van der Waals surface area contributed by atoms with Crippen molar-refractivity contribution in [2.45, 2.75) is 57.0 Å². The Morgan fingerprint density at radius 3 is 2.71 bits per heavy atom. The number of aliphatic imine (C=N–C) groups is 1. The summed E-state index contributed by atoms with van der Waals surface area (Å²) in [5.74, 6) is -1.36. The number of nitrogens with two attached hydrogens (primary N) is 3. The number of guanidine groups is 1. The zero-order valence-corrected chi connectivity index (χ0v) is 22.6. The Kier molecular flexibility index (Phi) is 11.0. The minimum absolute atomic E-state index is 0.0490. The average molecular weight is 564 g/mol. The van der Waals surface area contributed by atoms with Crippen molar-refractivity contribution in [2.75, 3.05) is 25.4 Å². The molecule has 1 aliphatic heterocycles. The number of nitrogens with zero attached hydrogens (tertiary/aromatic N) is 4. The zero-order valence-electron chi connectivity index (χ0n) is 20.9. The normalized spacial score (nSPS) is 16.1. The number of aromatic nitrogens is 2. The third-order valence-electron chi connectivity index (χ3n) is 5.84. The first kappa shape index (κ1) is 29.0. The summed E-state index contributed by atoms with van der Waals surface area (Å²) >= 11 is 2.57. The first-order valence-corrected chi connectivity index (χ1v) is 14.0. The number of nitrogens with one attached hydrogen (secondary N) is 2. The van der Waals surface area contributed by atoms with Crippen molar-refractivity contribution in [3.8, 4) is 0 Å². The molecule has 38 heavy (non-hydrogen) atoms. The van der Waals surface area contributed by atoms with E-state index in [4.69, 9.17) is 17.2 Å². The number of hydrogen-bond acceptors (Lipinski definition) is 10. The molecule has 1 aliphatic rings. The van der Waals surface area contributed by atoms with Crippen molar-refractivity contribution in [1.82, 2.24) is 25.5 Å². The summed E-state index contributed by atoms with van der Waals surface area (Å²) in [5.41, 5.74) is 16.3. The van der Waals surface area contributed by atoms with E-state index in [1.54, 1.807) is 11.6 Å². The Balaban J connectivity index is 1.49. The van der Waals surface area contributed by atoms with Crippen LogP contribution in [0.1, 0.15) is 53.2 Å². The molecule has 3 amide bonds. The van der Waals surface area contributed by atoms with Gasteiger partial charge in [-0.1, -0.05) is 0 Å². The van der Waals surface area contributed by atoms with E-state index in [1.807, 2.05) is 0 Å². The second-order valence-electron chi connectivity index (χ2n) is 8.81. The third kappa shape index (κ3) is 9.06. The maximum atomic E-state index is 13.0. The fourth-order valence-electron chi connectivity index (χ4n) is 4.04. The number of carbonyl (C=O) groups is 4. The minimum atomic E-state index is -0.827. The topological polar surface area (TPSA) is 212 Å². The number of anilines is 1. The number of Topliss-reactive ketones (excluding diaryl/α,β-unsaturated/α-hetero) is 1. The Bertz CT molecular complexity index is 1130. The third-order valence-corrected chi connectivity index (χ3v) is 7.51. The molecule has 0 spiro atoms. The maximum absolute atomic E-state index is 13.0. The lowest BCUT2D eigenvalue weighted by Crippen LogP contribution is -2.55. The average Bonchev–Trinajstić information content (AvgIpc) is 3.55.